The van der Waals surface area contributed by atoms with Crippen molar-refractivity contribution in [3.05, 3.63) is 54.0 Å². The van der Waals surface area contributed by atoms with E-state index in [4.69, 9.17) is 0 Å². The first-order chi connectivity index (χ1) is 11.1. The van der Waals surface area contributed by atoms with Crippen LogP contribution >= 0.6 is 0 Å². The number of hydrogen-bond donors (Lipinski definition) is 0. The minimum absolute atomic E-state index is 0.0124. The number of carbonyl (C=O) groups excluding carboxylic acids is 1. The highest BCUT2D eigenvalue weighted by Crippen LogP contribution is 2.21. The zero-order valence-corrected chi connectivity index (χ0v) is 13.6. The Labute approximate surface area is 137 Å². The summed E-state index contributed by atoms with van der Waals surface area (Å²) < 4.78 is 0. The van der Waals surface area contributed by atoms with Crippen molar-refractivity contribution in [1.82, 2.24) is 14.9 Å². The second-order valence-electron chi connectivity index (χ2n) is 6.01. The summed E-state index contributed by atoms with van der Waals surface area (Å²) in [5.74, 6) is 0.966. The molecule has 0 bridgehead atoms. The Balaban J connectivity index is 1.72. The molecule has 1 amide bonds. The Morgan fingerprint density at radius 1 is 1.26 bits per heavy atom. The van der Waals surface area contributed by atoms with Gasteiger partial charge in [0, 0.05) is 38.1 Å². The number of carbonyl (C=O) groups is 1. The molecule has 5 heteroatoms. The highest BCUT2D eigenvalue weighted by Gasteiger charge is 2.27. The topological polar surface area (TPSA) is 49.3 Å². The number of aromatic nitrogens is 2. The van der Waals surface area contributed by atoms with Crippen molar-refractivity contribution in [3.8, 4) is 0 Å². The van der Waals surface area contributed by atoms with Gasteiger partial charge in [0.05, 0.1) is 0 Å². The smallest absolute Gasteiger partial charge is 0.272 e. The van der Waals surface area contributed by atoms with Crippen molar-refractivity contribution in [2.75, 3.05) is 25.0 Å². The summed E-state index contributed by atoms with van der Waals surface area (Å²) in [4.78, 5) is 25.5. The third-order valence-electron chi connectivity index (χ3n) is 4.35. The third-order valence-corrected chi connectivity index (χ3v) is 4.35. The predicted octanol–water partition coefficient (Wildman–Crippen LogP) is 2.53. The molecule has 2 aromatic rings. The molecule has 23 heavy (non-hydrogen) atoms. The molecule has 1 aliphatic rings. The Morgan fingerprint density at radius 3 is 2.87 bits per heavy atom. The van der Waals surface area contributed by atoms with Crippen molar-refractivity contribution in [2.45, 2.75) is 25.8 Å². The average molecular weight is 310 g/mol. The van der Waals surface area contributed by atoms with Crippen molar-refractivity contribution >= 4 is 11.7 Å². The van der Waals surface area contributed by atoms with Gasteiger partial charge in [-0.05, 0) is 44.0 Å². The molecular weight excluding hydrogens is 288 g/mol. The Kier molecular flexibility index (Phi) is 4.55. The summed E-state index contributed by atoms with van der Waals surface area (Å²) in [6.07, 6.45) is 3.88. The van der Waals surface area contributed by atoms with E-state index in [2.05, 4.69) is 14.9 Å². The fourth-order valence-electron chi connectivity index (χ4n) is 3.03. The maximum absolute atomic E-state index is 12.7. The van der Waals surface area contributed by atoms with Crippen LogP contribution in [0.25, 0.3) is 0 Å². The number of nitrogens with zero attached hydrogens (tertiary/aromatic N) is 4. The molecule has 0 unspecified atom stereocenters. The number of pyridine rings is 2. The molecule has 1 saturated heterocycles. The van der Waals surface area contributed by atoms with Gasteiger partial charge in [0.2, 0.25) is 0 Å². The maximum atomic E-state index is 12.7. The van der Waals surface area contributed by atoms with E-state index in [9.17, 15) is 4.79 Å². The molecule has 1 fully saturated rings. The first kappa shape index (κ1) is 15.5. The van der Waals surface area contributed by atoms with Crippen LogP contribution in [-0.4, -0.2) is 47.0 Å². The largest absolute Gasteiger partial charge is 0.355 e. The van der Waals surface area contributed by atoms with Crippen LogP contribution in [0.1, 0.15) is 29.0 Å². The lowest BCUT2D eigenvalue weighted by molar-refractivity contribution is 0.0711. The molecule has 0 radical (unpaired) electrons. The molecule has 0 spiro atoms. The highest BCUT2D eigenvalue weighted by molar-refractivity contribution is 5.92. The summed E-state index contributed by atoms with van der Waals surface area (Å²) in [6.45, 7) is 3.70. The van der Waals surface area contributed by atoms with Gasteiger partial charge in [-0.15, -0.1) is 0 Å². The molecule has 0 N–H and O–H groups in total. The monoisotopic (exact) mass is 310 g/mol. The maximum Gasteiger partial charge on any atom is 0.272 e. The van der Waals surface area contributed by atoms with Crippen molar-refractivity contribution in [3.63, 3.8) is 0 Å². The number of piperidine rings is 1. The molecule has 120 valence electrons. The molecule has 2 aromatic heterocycles. The van der Waals surface area contributed by atoms with Gasteiger partial charge < -0.3 is 9.80 Å². The Morgan fingerprint density at radius 2 is 2.13 bits per heavy atom. The second-order valence-corrected chi connectivity index (χ2v) is 6.01. The molecule has 1 atom stereocenters. The number of rotatable bonds is 3. The van der Waals surface area contributed by atoms with Crippen LogP contribution in [0, 0.1) is 6.92 Å². The lowest BCUT2D eigenvalue weighted by Crippen LogP contribution is -2.49. The minimum Gasteiger partial charge on any atom is -0.355 e. The van der Waals surface area contributed by atoms with Gasteiger partial charge in [0.1, 0.15) is 11.5 Å². The van der Waals surface area contributed by atoms with Gasteiger partial charge in [-0.25, -0.2) is 9.97 Å². The van der Waals surface area contributed by atoms with Crippen molar-refractivity contribution < 1.29 is 4.79 Å². The standard InChI is InChI=1S/C18H22N4O/c1-14-7-5-9-16(20-14)18(23)21(2)15-8-6-12-22(13-15)17-10-3-4-11-19-17/h3-5,7,9-11,15H,6,8,12-13H2,1-2H3/t15-/m1/s1. The first-order valence-corrected chi connectivity index (χ1v) is 8.02. The van der Waals surface area contributed by atoms with Crippen molar-refractivity contribution in [2.24, 2.45) is 0 Å². The lowest BCUT2D eigenvalue weighted by Gasteiger charge is -2.38. The fraction of sp³-hybridized carbons (Fsp3) is 0.389. The quantitative estimate of drug-likeness (QED) is 0.874. The van der Waals surface area contributed by atoms with E-state index in [1.807, 2.05) is 55.4 Å². The summed E-state index contributed by atoms with van der Waals surface area (Å²) in [7, 11) is 1.87. The van der Waals surface area contributed by atoms with E-state index in [0.29, 0.717) is 5.69 Å². The molecule has 5 nitrogen and oxygen atoms in total. The van der Waals surface area contributed by atoms with E-state index in [0.717, 1.165) is 37.4 Å². The average Bonchev–Trinajstić information content (AvgIpc) is 2.61. The fourth-order valence-corrected chi connectivity index (χ4v) is 3.03. The van der Waals surface area contributed by atoms with Crippen LogP contribution in [0.15, 0.2) is 42.6 Å². The van der Waals surface area contributed by atoms with E-state index >= 15 is 0 Å². The second kappa shape index (κ2) is 6.77. The van der Waals surface area contributed by atoms with E-state index < -0.39 is 0 Å². The first-order valence-electron chi connectivity index (χ1n) is 8.02. The van der Waals surface area contributed by atoms with E-state index in [-0.39, 0.29) is 11.9 Å². The predicted molar refractivity (Wildman–Crippen MR) is 90.5 cm³/mol. The number of aryl methyl sites for hydroxylation is 1. The number of amides is 1. The van der Waals surface area contributed by atoms with Gasteiger partial charge in [-0.1, -0.05) is 12.1 Å². The zero-order valence-electron chi connectivity index (χ0n) is 13.6. The lowest BCUT2D eigenvalue weighted by atomic mass is 10.0. The van der Waals surface area contributed by atoms with Crippen molar-refractivity contribution in [1.29, 1.82) is 0 Å². The van der Waals surface area contributed by atoms with Crippen LogP contribution in [0.4, 0.5) is 5.82 Å². The molecule has 0 aromatic carbocycles. The molecule has 3 heterocycles. The molecular formula is C18H22N4O. The normalized spacial score (nSPS) is 17.8. The summed E-state index contributed by atoms with van der Waals surface area (Å²) in [5.41, 5.74) is 1.38. The SMILES string of the molecule is Cc1cccc(C(=O)N(C)[C@@H]2CCCN(c3ccccn3)C2)n1. The summed E-state index contributed by atoms with van der Waals surface area (Å²) in [6, 6.07) is 11.7. The van der Waals surface area contributed by atoms with Gasteiger partial charge in [0.25, 0.3) is 5.91 Å². The van der Waals surface area contributed by atoms with Gasteiger partial charge in [-0.3, -0.25) is 4.79 Å². The van der Waals surface area contributed by atoms with E-state index in [1.165, 1.54) is 0 Å². The molecule has 0 saturated carbocycles. The van der Waals surface area contributed by atoms with Crippen LogP contribution in [0.3, 0.4) is 0 Å². The van der Waals surface area contributed by atoms with Gasteiger partial charge >= 0.3 is 0 Å². The number of likely N-dealkylation sites (N-methyl/N-ethyl adjacent to an activating group) is 1. The van der Waals surface area contributed by atoms with Gasteiger partial charge in [-0.2, -0.15) is 0 Å². The van der Waals surface area contributed by atoms with Crippen LogP contribution in [0.2, 0.25) is 0 Å². The number of anilines is 1. The summed E-state index contributed by atoms with van der Waals surface area (Å²) in [5, 5.41) is 0. The van der Waals surface area contributed by atoms with Gasteiger partial charge in [0.15, 0.2) is 0 Å². The molecule has 3 rings (SSSR count). The molecule has 1 aliphatic heterocycles. The number of hydrogen-bond acceptors (Lipinski definition) is 4. The van der Waals surface area contributed by atoms with E-state index in [1.54, 1.807) is 6.07 Å². The highest BCUT2D eigenvalue weighted by atomic mass is 16.2. The van der Waals surface area contributed by atoms with Crippen LogP contribution in [0.5, 0.6) is 0 Å². The Bertz CT molecular complexity index is 674. The van der Waals surface area contributed by atoms with Crippen LogP contribution in [-0.2, 0) is 0 Å². The minimum atomic E-state index is -0.0124. The third kappa shape index (κ3) is 3.50. The summed E-state index contributed by atoms with van der Waals surface area (Å²) >= 11 is 0. The zero-order chi connectivity index (χ0) is 16.2. The Hall–Kier alpha value is -2.43. The van der Waals surface area contributed by atoms with Crippen LogP contribution < -0.4 is 4.90 Å². The molecule has 0 aliphatic carbocycles.